The Labute approximate surface area is 138 Å². The first-order valence-electron chi connectivity index (χ1n) is 6.00. The molecule has 0 spiro atoms. The predicted molar refractivity (Wildman–Crippen MR) is 84.6 cm³/mol. The van der Waals surface area contributed by atoms with Gasteiger partial charge in [-0.05, 0) is 23.6 Å². The number of carbonyl (C=O) groups excluding carboxylic acids is 2. The van der Waals surface area contributed by atoms with Crippen LogP contribution in [0.2, 0.25) is 0 Å². The van der Waals surface area contributed by atoms with Gasteiger partial charge in [-0.25, -0.2) is 12.9 Å². The molecule has 2 unspecified atom stereocenters. The fraction of sp³-hybridized carbons (Fsp3) is 0.750. The van der Waals surface area contributed by atoms with E-state index in [9.17, 15) is 19.4 Å². The second kappa shape index (κ2) is 9.20. The summed E-state index contributed by atoms with van der Waals surface area (Å²) in [4.78, 5) is 41.3. The minimum atomic E-state index is -3.70. The molecule has 128 valence electrons. The van der Waals surface area contributed by atoms with Crippen molar-refractivity contribution in [1.82, 2.24) is 0 Å². The van der Waals surface area contributed by atoms with Crippen molar-refractivity contribution in [2.75, 3.05) is 13.2 Å². The highest BCUT2D eigenvalue weighted by Gasteiger charge is 2.41. The van der Waals surface area contributed by atoms with E-state index >= 15 is 0 Å². The number of ketones is 1. The van der Waals surface area contributed by atoms with E-state index < -0.39 is 28.0 Å². The molecule has 0 aromatic rings. The van der Waals surface area contributed by atoms with Crippen molar-refractivity contribution < 1.29 is 41.6 Å². The van der Waals surface area contributed by atoms with E-state index in [0.717, 1.165) is 0 Å². The van der Waals surface area contributed by atoms with Crippen LogP contribution in [0, 0.1) is 0 Å². The highest BCUT2D eigenvalue weighted by molar-refractivity contribution is 8.16. The topological polar surface area (TPSA) is 121 Å². The maximum absolute atomic E-state index is 11.3. The Hall–Kier alpha value is 0.630. The molecule has 0 bridgehead atoms. The summed E-state index contributed by atoms with van der Waals surface area (Å²) in [5.74, 6) is -0.561. The summed E-state index contributed by atoms with van der Waals surface area (Å²) in [6.45, 7) is -5.92. The highest BCUT2D eigenvalue weighted by atomic mass is 32.5. The summed E-state index contributed by atoms with van der Waals surface area (Å²) in [6, 6.07) is 0. The molecule has 0 aromatic heterocycles. The van der Waals surface area contributed by atoms with Crippen LogP contribution in [-0.2, 0) is 55.4 Å². The summed E-state index contributed by atoms with van der Waals surface area (Å²) in [7, 11) is -2.18. The predicted octanol–water partition coefficient (Wildman–Crippen LogP) is 2.03. The molecular weight excluding hydrogens is 397 g/mol. The average Bonchev–Trinajstić information content (AvgIpc) is 2.37. The van der Waals surface area contributed by atoms with E-state index in [2.05, 4.69) is 27.9 Å². The van der Waals surface area contributed by atoms with Crippen LogP contribution in [0.4, 0.5) is 0 Å². The molecular formula is C8H15O9P3S2. The fourth-order valence-electron chi connectivity index (χ4n) is 1.15. The van der Waals surface area contributed by atoms with Crippen molar-refractivity contribution in [2.45, 2.75) is 26.2 Å². The molecule has 1 aliphatic heterocycles. The average molecular weight is 412 g/mol. The summed E-state index contributed by atoms with van der Waals surface area (Å²) in [5, 5.41) is 0. The molecule has 14 heteroatoms. The zero-order valence-corrected chi connectivity index (χ0v) is 15.8. The van der Waals surface area contributed by atoms with Crippen LogP contribution in [0.1, 0.15) is 26.2 Å². The molecule has 0 aliphatic carbocycles. The molecule has 1 aliphatic rings. The number of hydrogen-bond donors (Lipinski definition) is 2. The molecule has 2 atom stereocenters. The zero-order valence-electron chi connectivity index (χ0n) is 11.4. The van der Waals surface area contributed by atoms with Crippen LogP contribution >= 0.6 is 22.0 Å². The third-order valence-corrected chi connectivity index (χ3v) is 9.25. The second-order valence-corrected chi connectivity index (χ2v) is 11.2. The maximum Gasteiger partial charge on any atom is 0.348 e. The Morgan fingerprint density at radius 1 is 1.14 bits per heavy atom. The van der Waals surface area contributed by atoms with Crippen LogP contribution in [0.3, 0.4) is 0 Å². The lowest BCUT2D eigenvalue weighted by Crippen LogP contribution is -2.12. The molecule has 0 amide bonds. The molecule has 9 nitrogen and oxygen atoms in total. The van der Waals surface area contributed by atoms with E-state index in [1.54, 1.807) is 6.92 Å². The van der Waals surface area contributed by atoms with Gasteiger partial charge < -0.3 is 19.0 Å². The third-order valence-electron chi connectivity index (χ3n) is 2.09. The highest BCUT2D eigenvalue weighted by Crippen LogP contribution is 2.76. The van der Waals surface area contributed by atoms with Gasteiger partial charge in [0, 0.05) is 12.8 Å². The van der Waals surface area contributed by atoms with Gasteiger partial charge in [-0.3, -0.25) is 9.59 Å². The van der Waals surface area contributed by atoms with E-state index in [4.69, 9.17) is 17.9 Å². The number of hydrogen-bond acceptors (Lipinski definition) is 9. The van der Waals surface area contributed by atoms with Gasteiger partial charge in [-0.2, -0.15) is 0 Å². The quantitative estimate of drug-likeness (QED) is 0.346. The Bertz CT molecular complexity index is 489. The lowest BCUT2D eigenvalue weighted by molar-refractivity contribution is -0.145. The molecule has 0 saturated carbocycles. The van der Waals surface area contributed by atoms with Crippen LogP contribution in [0.15, 0.2) is 0 Å². The lowest BCUT2D eigenvalue weighted by atomic mass is 10.2. The van der Waals surface area contributed by atoms with Crippen molar-refractivity contribution in [3.8, 4) is 0 Å². The van der Waals surface area contributed by atoms with Gasteiger partial charge in [0.05, 0.1) is 13.0 Å². The molecule has 0 radical (unpaired) electrons. The molecule has 22 heavy (non-hydrogen) atoms. The molecule has 0 aromatic carbocycles. The van der Waals surface area contributed by atoms with Gasteiger partial charge in [0.25, 0.3) is 0 Å². The molecule has 1 rings (SSSR count). The Morgan fingerprint density at radius 2 is 1.73 bits per heavy atom. The monoisotopic (exact) mass is 412 g/mol. The van der Waals surface area contributed by atoms with Crippen LogP contribution in [0.25, 0.3) is 0 Å². The van der Waals surface area contributed by atoms with Crippen LogP contribution < -0.4 is 0 Å². The second-order valence-electron chi connectivity index (χ2n) is 3.85. The van der Waals surface area contributed by atoms with Crippen molar-refractivity contribution in [3.05, 3.63) is 0 Å². The summed E-state index contributed by atoms with van der Waals surface area (Å²) in [6.07, 6.45) is 0.502. The van der Waals surface area contributed by atoms with Gasteiger partial charge in [0.1, 0.15) is 12.4 Å². The van der Waals surface area contributed by atoms with Crippen molar-refractivity contribution in [2.24, 2.45) is 0 Å². The van der Waals surface area contributed by atoms with E-state index in [-0.39, 0.29) is 31.8 Å². The Kier molecular flexibility index (Phi) is 8.65. The van der Waals surface area contributed by atoms with Gasteiger partial charge in [-0.1, -0.05) is 6.92 Å². The minimum absolute atomic E-state index is 0.00282. The first-order valence-corrected chi connectivity index (χ1v) is 12.3. The largest absolute Gasteiger partial charge is 0.463 e. The summed E-state index contributed by atoms with van der Waals surface area (Å²) >= 11 is 9.15. The van der Waals surface area contributed by atoms with Gasteiger partial charge in [0.15, 0.2) is 0 Å². The summed E-state index contributed by atoms with van der Waals surface area (Å²) < 4.78 is 24.0. The minimum Gasteiger partial charge on any atom is -0.463 e. The molecule has 1 heterocycles. The number of esters is 1. The van der Waals surface area contributed by atoms with E-state index in [0.29, 0.717) is 6.42 Å². The first kappa shape index (κ1) is 20.7. The van der Waals surface area contributed by atoms with E-state index in [1.165, 1.54) is 0 Å². The Morgan fingerprint density at radius 3 is 2.27 bits per heavy atom. The van der Waals surface area contributed by atoms with Crippen LogP contribution in [0.5, 0.6) is 0 Å². The van der Waals surface area contributed by atoms with Crippen molar-refractivity contribution in [1.29, 1.82) is 0 Å². The lowest BCUT2D eigenvalue weighted by Gasteiger charge is -2.30. The first-order chi connectivity index (χ1) is 10.1. The number of Topliss-reactive ketones (excluding diaryl/α,β-unsaturated/α-hetero) is 1. The summed E-state index contributed by atoms with van der Waals surface area (Å²) in [5.41, 5.74) is 0. The normalized spacial score (nSPS) is 31.7. The van der Waals surface area contributed by atoms with Gasteiger partial charge in [-0.15, -0.1) is 0 Å². The molecule has 2 N–H and O–H groups in total. The molecule has 1 saturated heterocycles. The number of rotatable bonds is 8. The number of ether oxygens (including phenoxy) is 1. The maximum atomic E-state index is 11.3. The van der Waals surface area contributed by atoms with E-state index in [1.807, 2.05) is 0 Å². The van der Waals surface area contributed by atoms with Crippen molar-refractivity contribution >= 4 is 57.4 Å². The zero-order chi connectivity index (χ0) is 16.8. The molecule has 1 fully saturated rings. The number of carbonyl (C=O) groups is 2. The Balaban J connectivity index is 2.24. The SMILES string of the molecule is CCC(=O)CCC(=O)OCCOP1OP(O)(=S)OP(O)(=S)O1. The van der Waals surface area contributed by atoms with Crippen molar-refractivity contribution in [3.63, 3.8) is 0 Å². The van der Waals surface area contributed by atoms with Crippen LogP contribution in [-0.4, -0.2) is 34.8 Å². The third kappa shape index (κ3) is 8.47. The smallest absolute Gasteiger partial charge is 0.348 e. The fourth-order valence-corrected chi connectivity index (χ4v) is 8.29. The standard InChI is InChI=1S/C8H15O9P3S2/c1-2-7(9)3-4-8(10)13-5-6-14-18-15-19(11,21)17-20(12,22)16-18/h2-6H2,1H3,(H,11,21)(H,12,22). The van der Waals surface area contributed by atoms with Gasteiger partial charge in [0.2, 0.25) is 0 Å². The van der Waals surface area contributed by atoms with Gasteiger partial charge >= 0.3 is 28.0 Å².